The summed E-state index contributed by atoms with van der Waals surface area (Å²) >= 11 is 0. The van der Waals surface area contributed by atoms with E-state index in [4.69, 9.17) is 4.74 Å². The molecule has 160 valence electrons. The minimum absolute atomic E-state index is 0.0589. The first-order valence-electron chi connectivity index (χ1n) is 7.17. The predicted molar refractivity (Wildman–Crippen MR) is 90.2 cm³/mol. The highest BCUT2D eigenvalue weighted by Crippen LogP contribution is 2.29. The SMILES string of the molecule is O=S(=O)(Nc1ccc(Oc2ccc(NS(=O)(=O)C(F)(F)F)cc2)cc1)C(F)(F)F. The Balaban J connectivity index is 2.06. The molecule has 2 aromatic rings. The van der Waals surface area contributed by atoms with Crippen LogP contribution in [0.3, 0.4) is 0 Å². The Labute approximate surface area is 160 Å². The number of halogens is 6. The molecule has 0 aliphatic carbocycles. The van der Waals surface area contributed by atoms with E-state index in [1.54, 1.807) is 0 Å². The van der Waals surface area contributed by atoms with E-state index in [2.05, 4.69) is 0 Å². The minimum Gasteiger partial charge on any atom is -0.457 e. The molecule has 0 atom stereocenters. The van der Waals surface area contributed by atoms with E-state index < -0.39 is 31.1 Å². The van der Waals surface area contributed by atoms with E-state index in [-0.39, 0.29) is 22.9 Å². The zero-order valence-electron chi connectivity index (χ0n) is 13.7. The highest BCUT2D eigenvalue weighted by Gasteiger charge is 2.46. The molecule has 29 heavy (non-hydrogen) atoms. The van der Waals surface area contributed by atoms with Gasteiger partial charge in [-0.1, -0.05) is 0 Å². The summed E-state index contributed by atoms with van der Waals surface area (Å²) in [6.45, 7) is 0. The fourth-order valence-corrected chi connectivity index (χ4v) is 2.87. The van der Waals surface area contributed by atoms with Crippen LogP contribution in [-0.2, 0) is 20.0 Å². The van der Waals surface area contributed by atoms with Crippen molar-refractivity contribution < 1.29 is 47.9 Å². The van der Waals surface area contributed by atoms with Gasteiger partial charge in [0.05, 0.1) is 0 Å². The average Bonchev–Trinajstić information content (AvgIpc) is 2.56. The maximum atomic E-state index is 12.3. The Bertz CT molecular complexity index is 976. The molecule has 0 fully saturated rings. The van der Waals surface area contributed by atoms with Crippen LogP contribution in [0.15, 0.2) is 48.5 Å². The fraction of sp³-hybridized carbons (Fsp3) is 0.143. The van der Waals surface area contributed by atoms with Crippen molar-refractivity contribution in [2.45, 2.75) is 11.0 Å². The molecule has 0 saturated carbocycles. The first-order valence-corrected chi connectivity index (χ1v) is 10.1. The highest BCUT2D eigenvalue weighted by atomic mass is 32.2. The molecule has 0 radical (unpaired) electrons. The van der Waals surface area contributed by atoms with Gasteiger partial charge in [-0.05, 0) is 48.5 Å². The van der Waals surface area contributed by atoms with Crippen molar-refractivity contribution in [2.75, 3.05) is 9.44 Å². The van der Waals surface area contributed by atoms with Crippen LogP contribution in [0.4, 0.5) is 37.7 Å². The molecule has 2 N–H and O–H groups in total. The molecule has 15 heteroatoms. The minimum atomic E-state index is -5.58. The van der Waals surface area contributed by atoms with E-state index in [0.717, 1.165) is 48.5 Å². The summed E-state index contributed by atoms with van der Waals surface area (Å²) in [5.41, 5.74) is -11.7. The van der Waals surface area contributed by atoms with Crippen LogP contribution in [-0.4, -0.2) is 27.9 Å². The predicted octanol–water partition coefficient (Wildman–Crippen LogP) is 4.00. The topological polar surface area (TPSA) is 102 Å². The van der Waals surface area contributed by atoms with Gasteiger partial charge in [-0.15, -0.1) is 0 Å². The Kier molecular flexibility index (Phi) is 5.94. The van der Waals surface area contributed by atoms with Gasteiger partial charge in [0.1, 0.15) is 11.5 Å². The number of hydrogen-bond acceptors (Lipinski definition) is 5. The summed E-state index contributed by atoms with van der Waals surface area (Å²) in [7, 11) is -11.2. The number of anilines is 2. The van der Waals surface area contributed by atoms with Crippen molar-refractivity contribution in [3.63, 3.8) is 0 Å². The lowest BCUT2D eigenvalue weighted by Crippen LogP contribution is -2.29. The molecule has 0 unspecified atom stereocenters. The summed E-state index contributed by atoms with van der Waals surface area (Å²) in [6.07, 6.45) is 0. The lowest BCUT2D eigenvalue weighted by Gasteiger charge is -2.12. The molecule has 0 saturated heterocycles. The number of sulfonamides is 2. The van der Waals surface area contributed by atoms with Gasteiger partial charge < -0.3 is 4.74 Å². The number of rotatable bonds is 6. The summed E-state index contributed by atoms with van der Waals surface area (Å²) in [4.78, 5) is 0. The maximum absolute atomic E-state index is 12.3. The van der Waals surface area contributed by atoms with Crippen LogP contribution in [0.5, 0.6) is 11.5 Å². The molecule has 0 aliphatic rings. The molecule has 0 aromatic heterocycles. The van der Waals surface area contributed by atoms with Gasteiger partial charge in [-0.25, -0.2) is 0 Å². The second-order valence-corrected chi connectivity index (χ2v) is 8.60. The largest absolute Gasteiger partial charge is 0.516 e. The van der Waals surface area contributed by atoms with E-state index in [0.29, 0.717) is 0 Å². The van der Waals surface area contributed by atoms with E-state index in [1.165, 1.54) is 9.44 Å². The molecule has 2 rings (SSSR count). The van der Waals surface area contributed by atoms with Gasteiger partial charge in [0.15, 0.2) is 0 Å². The lowest BCUT2D eigenvalue weighted by molar-refractivity contribution is -0.0435. The first-order chi connectivity index (χ1) is 13.1. The quantitative estimate of drug-likeness (QED) is 0.630. The molecule has 0 spiro atoms. The first kappa shape index (κ1) is 22.6. The van der Waals surface area contributed by atoms with Crippen molar-refractivity contribution in [1.82, 2.24) is 0 Å². The number of nitrogens with one attached hydrogen (secondary N) is 2. The van der Waals surface area contributed by atoms with Gasteiger partial charge in [0.25, 0.3) is 0 Å². The molecular weight excluding hydrogens is 454 g/mol. The van der Waals surface area contributed by atoms with Crippen LogP contribution < -0.4 is 14.2 Å². The Morgan fingerprint density at radius 3 is 1.10 bits per heavy atom. The molecular formula is C14H10F6N2O5S2. The monoisotopic (exact) mass is 464 g/mol. The molecule has 0 amide bonds. The van der Waals surface area contributed by atoms with E-state index in [1.807, 2.05) is 0 Å². The van der Waals surface area contributed by atoms with Gasteiger partial charge in [0.2, 0.25) is 0 Å². The smallest absolute Gasteiger partial charge is 0.457 e. The average molecular weight is 464 g/mol. The Hall–Kier alpha value is -2.68. The number of ether oxygens (including phenoxy) is 1. The molecule has 0 bridgehead atoms. The fourth-order valence-electron chi connectivity index (χ4n) is 1.74. The number of benzene rings is 2. The van der Waals surface area contributed by atoms with Crippen molar-refractivity contribution >= 4 is 31.4 Å². The zero-order valence-corrected chi connectivity index (χ0v) is 15.4. The molecule has 7 nitrogen and oxygen atoms in total. The van der Waals surface area contributed by atoms with Crippen molar-refractivity contribution in [3.05, 3.63) is 48.5 Å². The van der Waals surface area contributed by atoms with Gasteiger partial charge in [0, 0.05) is 11.4 Å². The summed E-state index contributed by atoms with van der Waals surface area (Å²) in [6, 6.07) is 8.50. The second kappa shape index (κ2) is 7.62. The van der Waals surface area contributed by atoms with Crippen LogP contribution in [0, 0.1) is 0 Å². The Morgan fingerprint density at radius 1 is 0.586 bits per heavy atom. The number of hydrogen-bond donors (Lipinski definition) is 2. The highest BCUT2D eigenvalue weighted by molar-refractivity contribution is 7.93. The third kappa shape index (κ3) is 5.66. The third-order valence-electron chi connectivity index (χ3n) is 3.06. The molecule has 2 aromatic carbocycles. The van der Waals surface area contributed by atoms with Crippen LogP contribution in [0.2, 0.25) is 0 Å². The lowest BCUT2D eigenvalue weighted by atomic mass is 10.3. The standard InChI is InChI=1S/C14H10F6N2O5S2/c15-13(16,17)28(23,24)21-9-1-5-11(6-2-9)27-12-7-3-10(4-8-12)22-29(25,26)14(18,19)20/h1-8,21-22H. The third-order valence-corrected chi connectivity index (χ3v) is 5.29. The van der Waals surface area contributed by atoms with Gasteiger partial charge in [-0.2, -0.15) is 43.2 Å². The Morgan fingerprint density at radius 2 is 0.862 bits per heavy atom. The van der Waals surface area contributed by atoms with E-state index in [9.17, 15) is 43.2 Å². The van der Waals surface area contributed by atoms with Crippen molar-refractivity contribution in [3.8, 4) is 11.5 Å². The van der Waals surface area contributed by atoms with Crippen molar-refractivity contribution in [2.24, 2.45) is 0 Å². The summed E-state index contributed by atoms with van der Waals surface area (Å²) < 4.78 is 126. The van der Waals surface area contributed by atoms with E-state index >= 15 is 0 Å². The normalized spacial score (nSPS) is 13.0. The number of alkyl halides is 6. The van der Waals surface area contributed by atoms with Gasteiger partial charge in [-0.3, -0.25) is 9.44 Å². The second-order valence-electron chi connectivity index (χ2n) is 5.25. The van der Waals surface area contributed by atoms with Gasteiger partial charge >= 0.3 is 31.1 Å². The summed E-state index contributed by atoms with van der Waals surface area (Å²) in [5.74, 6) is 0.118. The summed E-state index contributed by atoms with van der Waals surface area (Å²) in [5, 5.41) is 0. The maximum Gasteiger partial charge on any atom is 0.516 e. The van der Waals surface area contributed by atoms with Crippen LogP contribution in [0.25, 0.3) is 0 Å². The molecule has 0 aliphatic heterocycles. The van der Waals surface area contributed by atoms with Crippen LogP contribution in [0.1, 0.15) is 0 Å². The van der Waals surface area contributed by atoms with Crippen molar-refractivity contribution in [1.29, 1.82) is 0 Å². The molecule has 0 heterocycles. The zero-order chi connectivity index (χ0) is 22.1. The van der Waals surface area contributed by atoms with Crippen LogP contribution >= 0.6 is 0 Å².